The molecular weight excluding hydrogens is 297 g/mol. The van der Waals surface area contributed by atoms with Gasteiger partial charge in [0.05, 0.1) is 5.02 Å². The van der Waals surface area contributed by atoms with Crippen LogP contribution in [-0.2, 0) is 19.7 Å². The summed E-state index contributed by atoms with van der Waals surface area (Å²) < 4.78 is 7.88. The topological polar surface area (TPSA) is 39.1 Å². The Kier molecular flexibility index (Phi) is 5.29. The second kappa shape index (κ2) is 6.97. The molecule has 0 unspecified atom stereocenters. The molecule has 0 atom stereocenters. The summed E-state index contributed by atoms with van der Waals surface area (Å²) in [5.41, 5.74) is 0.930. The fourth-order valence-corrected chi connectivity index (χ4v) is 2.59. The lowest BCUT2D eigenvalue weighted by Gasteiger charge is -2.14. The number of nitrogens with zero attached hydrogens (tertiary/aromatic N) is 2. The number of rotatable bonds is 6. The van der Waals surface area contributed by atoms with E-state index < -0.39 is 0 Å². The summed E-state index contributed by atoms with van der Waals surface area (Å²) in [6.45, 7) is 3.93. The van der Waals surface area contributed by atoms with Crippen molar-refractivity contribution in [2.45, 2.75) is 26.6 Å². The zero-order chi connectivity index (χ0) is 14.5. The number of imidazole rings is 1. The molecule has 0 fully saturated rings. The Morgan fingerprint density at radius 3 is 2.85 bits per heavy atom. The van der Waals surface area contributed by atoms with Crippen molar-refractivity contribution in [1.29, 1.82) is 0 Å². The van der Waals surface area contributed by atoms with E-state index in [1.807, 2.05) is 23.9 Å². The highest BCUT2D eigenvalue weighted by Crippen LogP contribution is 2.33. The molecule has 0 aliphatic carbocycles. The summed E-state index contributed by atoms with van der Waals surface area (Å²) in [5.74, 6) is 1.52. The molecule has 1 aromatic heterocycles. The van der Waals surface area contributed by atoms with Crippen LogP contribution in [0.3, 0.4) is 0 Å². The summed E-state index contributed by atoms with van der Waals surface area (Å²) in [6.07, 6.45) is 3.69. The molecule has 0 bridgehead atoms. The van der Waals surface area contributed by atoms with E-state index in [0.717, 1.165) is 17.9 Å². The second-order valence-corrected chi connectivity index (χ2v) is 5.17. The predicted octanol–water partition coefficient (Wildman–Crippen LogP) is 3.51. The molecule has 1 N–H and O–H groups in total. The number of hydrogen-bond acceptors (Lipinski definition) is 3. The third-order valence-electron chi connectivity index (χ3n) is 2.94. The zero-order valence-corrected chi connectivity index (χ0v) is 13.0. The van der Waals surface area contributed by atoms with Crippen LogP contribution in [-0.4, -0.2) is 16.6 Å². The predicted molar refractivity (Wildman–Crippen MR) is 81.5 cm³/mol. The molecular formula is C14H17Cl2N3O. The van der Waals surface area contributed by atoms with E-state index in [0.29, 0.717) is 28.9 Å². The van der Waals surface area contributed by atoms with Gasteiger partial charge in [-0.1, -0.05) is 23.2 Å². The number of aryl methyl sites for hydroxylation is 1. The number of aromatic nitrogens is 2. The summed E-state index contributed by atoms with van der Waals surface area (Å²) in [7, 11) is 1.86. The molecule has 6 heteroatoms. The van der Waals surface area contributed by atoms with E-state index in [2.05, 4.69) is 17.2 Å². The minimum Gasteiger partial charge on any atom is -0.484 e. The molecule has 0 radical (unpaired) electrons. The molecule has 0 aliphatic rings. The first-order chi connectivity index (χ1) is 9.65. The van der Waals surface area contributed by atoms with Gasteiger partial charge < -0.3 is 14.6 Å². The molecule has 0 aliphatic heterocycles. The fourth-order valence-electron chi connectivity index (χ4n) is 2.00. The molecule has 2 aromatic rings. The highest BCUT2D eigenvalue weighted by Gasteiger charge is 2.12. The maximum Gasteiger partial charge on any atom is 0.146 e. The van der Waals surface area contributed by atoms with Gasteiger partial charge in [-0.05, 0) is 26.1 Å². The molecule has 2 rings (SSSR count). The molecule has 1 aromatic carbocycles. The van der Waals surface area contributed by atoms with Gasteiger partial charge in [0.25, 0.3) is 0 Å². The van der Waals surface area contributed by atoms with Gasteiger partial charge in [0.2, 0.25) is 0 Å². The van der Waals surface area contributed by atoms with Crippen molar-refractivity contribution in [1.82, 2.24) is 14.9 Å². The largest absolute Gasteiger partial charge is 0.484 e. The molecule has 108 valence electrons. The molecule has 1 heterocycles. The minimum atomic E-state index is 0.374. The molecule has 0 saturated heterocycles. The Labute approximate surface area is 128 Å². The maximum atomic E-state index is 6.22. The summed E-state index contributed by atoms with van der Waals surface area (Å²) >= 11 is 12.2. The quantitative estimate of drug-likeness (QED) is 0.887. The SMILES string of the molecule is CCn1ccnc1COc1c(Cl)cc(Cl)cc1CNC. The lowest BCUT2D eigenvalue weighted by atomic mass is 10.2. The van der Waals surface area contributed by atoms with Gasteiger partial charge in [0.15, 0.2) is 0 Å². The van der Waals surface area contributed by atoms with E-state index in [9.17, 15) is 0 Å². The van der Waals surface area contributed by atoms with E-state index >= 15 is 0 Å². The first kappa shape index (κ1) is 15.2. The highest BCUT2D eigenvalue weighted by atomic mass is 35.5. The van der Waals surface area contributed by atoms with Crippen molar-refractivity contribution < 1.29 is 4.74 Å². The average Bonchev–Trinajstić information content (AvgIpc) is 2.85. The molecule has 0 amide bonds. The third-order valence-corrected chi connectivity index (χ3v) is 3.44. The van der Waals surface area contributed by atoms with Crippen LogP contribution in [0.4, 0.5) is 0 Å². The lowest BCUT2D eigenvalue weighted by molar-refractivity contribution is 0.286. The van der Waals surface area contributed by atoms with Gasteiger partial charge in [0.1, 0.15) is 18.2 Å². The summed E-state index contributed by atoms with van der Waals surface area (Å²) in [6, 6.07) is 3.54. The van der Waals surface area contributed by atoms with Gasteiger partial charge in [-0.25, -0.2) is 4.98 Å². The Hall–Kier alpha value is -1.23. The van der Waals surface area contributed by atoms with Crippen LogP contribution in [0.5, 0.6) is 5.75 Å². The fraction of sp³-hybridized carbons (Fsp3) is 0.357. The monoisotopic (exact) mass is 313 g/mol. The first-order valence-corrected chi connectivity index (χ1v) is 7.16. The second-order valence-electron chi connectivity index (χ2n) is 4.32. The van der Waals surface area contributed by atoms with Crippen molar-refractivity contribution >= 4 is 23.2 Å². The van der Waals surface area contributed by atoms with Crippen LogP contribution in [0.25, 0.3) is 0 Å². The van der Waals surface area contributed by atoms with E-state index in [4.69, 9.17) is 27.9 Å². The maximum absolute atomic E-state index is 6.22. The normalized spacial score (nSPS) is 10.8. The number of halogens is 2. The molecule has 4 nitrogen and oxygen atoms in total. The Bertz CT molecular complexity index is 584. The van der Waals surface area contributed by atoms with Crippen molar-refractivity contribution in [3.8, 4) is 5.75 Å². The van der Waals surface area contributed by atoms with Gasteiger partial charge in [-0.2, -0.15) is 0 Å². The Morgan fingerprint density at radius 1 is 1.35 bits per heavy atom. The van der Waals surface area contributed by atoms with Crippen LogP contribution in [0.15, 0.2) is 24.5 Å². The Morgan fingerprint density at radius 2 is 2.15 bits per heavy atom. The van der Waals surface area contributed by atoms with E-state index in [1.54, 1.807) is 12.3 Å². The van der Waals surface area contributed by atoms with E-state index in [1.165, 1.54) is 0 Å². The van der Waals surface area contributed by atoms with Gasteiger partial charge in [0, 0.05) is 36.1 Å². The number of hydrogen-bond donors (Lipinski definition) is 1. The lowest BCUT2D eigenvalue weighted by Crippen LogP contribution is -2.10. The first-order valence-electron chi connectivity index (χ1n) is 6.41. The van der Waals surface area contributed by atoms with Crippen molar-refractivity contribution in [2.24, 2.45) is 0 Å². The van der Waals surface area contributed by atoms with E-state index in [-0.39, 0.29) is 0 Å². The van der Waals surface area contributed by atoms with Crippen LogP contribution in [0, 0.1) is 0 Å². The summed E-state index contributed by atoms with van der Waals surface area (Å²) in [4.78, 5) is 4.28. The standard InChI is InChI=1S/C14H17Cl2N3O/c1-3-19-5-4-18-13(19)9-20-14-10(8-17-2)6-11(15)7-12(14)16/h4-7,17H,3,8-9H2,1-2H3. The third kappa shape index (κ3) is 3.45. The van der Waals surface area contributed by atoms with Crippen molar-refractivity contribution in [2.75, 3.05) is 7.05 Å². The van der Waals surface area contributed by atoms with Crippen LogP contribution < -0.4 is 10.1 Å². The van der Waals surface area contributed by atoms with Crippen LogP contribution in [0.2, 0.25) is 10.0 Å². The molecule has 20 heavy (non-hydrogen) atoms. The number of ether oxygens (including phenoxy) is 1. The van der Waals surface area contributed by atoms with Crippen molar-refractivity contribution in [3.63, 3.8) is 0 Å². The molecule has 0 spiro atoms. The highest BCUT2D eigenvalue weighted by molar-refractivity contribution is 6.35. The van der Waals surface area contributed by atoms with Gasteiger partial charge in [-0.15, -0.1) is 0 Å². The minimum absolute atomic E-state index is 0.374. The molecule has 0 saturated carbocycles. The van der Waals surface area contributed by atoms with Crippen LogP contribution >= 0.6 is 23.2 Å². The van der Waals surface area contributed by atoms with Gasteiger partial charge in [-0.3, -0.25) is 0 Å². The zero-order valence-electron chi connectivity index (χ0n) is 11.5. The van der Waals surface area contributed by atoms with Gasteiger partial charge >= 0.3 is 0 Å². The van der Waals surface area contributed by atoms with Crippen molar-refractivity contribution in [3.05, 3.63) is 46.0 Å². The smallest absolute Gasteiger partial charge is 0.146 e. The number of benzene rings is 1. The average molecular weight is 314 g/mol. The summed E-state index contributed by atoms with van der Waals surface area (Å²) in [5, 5.41) is 4.19. The van der Waals surface area contributed by atoms with Crippen LogP contribution in [0.1, 0.15) is 18.3 Å². The Balaban J connectivity index is 2.20. The number of nitrogens with one attached hydrogen (secondary N) is 1.